The highest BCUT2D eigenvalue weighted by molar-refractivity contribution is 5.92. The molecule has 0 fully saturated rings. The van der Waals surface area contributed by atoms with Crippen molar-refractivity contribution in [2.75, 3.05) is 11.9 Å². The molecule has 1 unspecified atom stereocenters. The summed E-state index contributed by atoms with van der Waals surface area (Å²) in [6, 6.07) is 5.24. The third-order valence-corrected chi connectivity index (χ3v) is 4.60. The first kappa shape index (κ1) is 19.9. The highest BCUT2D eigenvalue weighted by Gasteiger charge is 2.25. The lowest BCUT2D eigenvalue weighted by atomic mass is 9.99. The summed E-state index contributed by atoms with van der Waals surface area (Å²) < 4.78 is 42.9. The second-order valence-corrected chi connectivity index (χ2v) is 6.63. The lowest BCUT2D eigenvalue weighted by Crippen LogP contribution is -2.31. The Hall–Kier alpha value is -2.87. The Bertz CT molecular complexity index is 898. The number of fused-ring (bicyclic) bond motifs is 1. The molecule has 3 N–H and O–H groups in total. The molecule has 8 heteroatoms. The first-order chi connectivity index (χ1) is 13.4. The molecule has 0 bridgehead atoms. The molecular weight excluding hydrogens is 371 g/mol. The van der Waals surface area contributed by atoms with Crippen LogP contribution in [0.15, 0.2) is 30.3 Å². The second kappa shape index (κ2) is 8.43. The molecule has 1 aliphatic heterocycles. The van der Waals surface area contributed by atoms with Crippen LogP contribution in [0.2, 0.25) is 0 Å². The maximum Gasteiger partial charge on any atom is 0.226 e. The molecular formula is C20H20F3N3O2. The van der Waals surface area contributed by atoms with E-state index in [1.807, 2.05) is 0 Å². The zero-order valence-corrected chi connectivity index (χ0v) is 15.2. The summed E-state index contributed by atoms with van der Waals surface area (Å²) in [6.07, 6.45) is 0.0509. The van der Waals surface area contributed by atoms with Gasteiger partial charge in [-0.1, -0.05) is 12.1 Å². The predicted octanol–water partition coefficient (Wildman–Crippen LogP) is 2.96. The zero-order valence-electron chi connectivity index (χ0n) is 15.2. The van der Waals surface area contributed by atoms with E-state index in [2.05, 4.69) is 16.0 Å². The van der Waals surface area contributed by atoms with Gasteiger partial charge in [-0.3, -0.25) is 9.59 Å². The standard InChI is InChI=1S/C20H20F3N3O2/c1-11(27)25-17(19-14(21)3-2-4-15(19)22)9-18(28)26-16-6-5-12-10-24-8-7-13(12)20(16)23/h2-6,17,24H,7-10H2,1H3,(H,25,27)(H,26,28). The fraction of sp³-hybridized carbons (Fsp3) is 0.300. The second-order valence-electron chi connectivity index (χ2n) is 6.63. The number of carbonyl (C=O) groups excluding carboxylic acids is 2. The van der Waals surface area contributed by atoms with Crippen LogP contribution >= 0.6 is 0 Å². The van der Waals surface area contributed by atoms with Gasteiger partial charge in [0.15, 0.2) is 0 Å². The molecule has 2 aromatic rings. The van der Waals surface area contributed by atoms with Crippen LogP contribution in [-0.2, 0) is 22.6 Å². The van der Waals surface area contributed by atoms with Gasteiger partial charge in [0.2, 0.25) is 11.8 Å². The number of nitrogens with one attached hydrogen (secondary N) is 3. The van der Waals surface area contributed by atoms with Crippen LogP contribution in [0.4, 0.5) is 18.9 Å². The summed E-state index contributed by atoms with van der Waals surface area (Å²) in [5, 5.41) is 7.96. The molecule has 28 heavy (non-hydrogen) atoms. The van der Waals surface area contributed by atoms with Crippen LogP contribution < -0.4 is 16.0 Å². The molecule has 0 aliphatic carbocycles. The Kier molecular flexibility index (Phi) is 5.99. The molecule has 1 atom stereocenters. The normalized spacial score (nSPS) is 14.1. The first-order valence-electron chi connectivity index (χ1n) is 8.88. The van der Waals surface area contributed by atoms with Gasteiger partial charge in [-0.2, -0.15) is 0 Å². The van der Waals surface area contributed by atoms with Crippen molar-refractivity contribution >= 4 is 17.5 Å². The summed E-state index contributed by atoms with van der Waals surface area (Å²) >= 11 is 0. The minimum Gasteiger partial charge on any atom is -0.349 e. The molecule has 0 radical (unpaired) electrons. The monoisotopic (exact) mass is 391 g/mol. The van der Waals surface area contributed by atoms with Gasteiger partial charge in [0, 0.05) is 19.0 Å². The number of hydrogen-bond donors (Lipinski definition) is 3. The van der Waals surface area contributed by atoms with Crippen LogP contribution in [-0.4, -0.2) is 18.4 Å². The molecule has 0 spiro atoms. The molecule has 148 valence electrons. The maximum atomic E-state index is 14.7. The number of anilines is 1. The van der Waals surface area contributed by atoms with Crippen LogP contribution in [0.25, 0.3) is 0 Å². The van der Waals surface area contributed by atoms with Crippen molar-refractivity contribution in [2.45, 2.75) is 32.4 Å². The van der Waals surface area contributed by atoms with Gasteiger partial charge < -0.3 is 16.0 Å². The zero-order chi connectivity index (χ0) is 20.3. The Labute approximate surface area is 160 Å². The van der Waals surface area contributed by atoms with E-state index in [1.54, 1.807) is 6.07 Å². The lowest BCUT2D eigenvalue weighted by Gasteiger charge is -2.21. The summed E-state index contributed by atoms with van der Waals surface area (Å²) in [6.45, 7) is 2.37. The van der Waals surface area contributed by atoms with Crippen molar-refractivity contribution in [1.29, 1.82) is 0 Å². The van der Waals surface area contributed by atoms with E-state index < -0.39 is 47.3 Å². The number of benzene rings is 2. The van der Waals surface area contributed by atoms with Crippen LogP contribution in [0.1, 0.15) is 36.1 Å². The number of amides is 2. The van der Waals surface area contributed by atoms with Gasteiger partial charge in [0.25, 0.3) is 0 Å². The summed E-state index contributed by atoms with van der Waals surface area (Å²) in [5.74, 6) is -3.49. The molecule has 0 saturated carbocycles. The van der Waals surface area contributed by atoms with E-state index >= 15 is 0 Å². The summed E-state index contributed by atoms with van der Waals surface area (Å²) in [7, 11) is 0. The predicted molar refractivity (Wildman–Crippen MR) is 98.0 cm³/mol. The van der Waals surface area contributed by atoms with E-state index in [1.165, 1.54) is 19.1 Å². The van der Waals surface area contributed by atoms with Crippen molar-refractivity contribution in [3.05, 3.63) is 64.5 Å². The van der Waals surface area contributed by atoms with Crippen LogP contribution in [0, 0.1) is 17.5 Å². The van der Waals surface area contributed by atoms with Crippen molar-refractivity contribution in [2.24, 2.45) is 0 Å². The SMILES string of the molecule is CC(=O)NC(CC(=O)Nc1ccc2c(c1F)CCNC2)c1c(F)cccc1F. The number of hydrogen-bond acceptors (Lipinski definition) is 3. The smallest absolute Gasteiger partial charge is 0.226 e. The highest BCUT2D eigenvalue weighted by Crippen LogP contribution is 2.27. The first-order valence-corrected chi connectivity index (χ1v) is 8.88. The van der Waals surface area contributed by atoms with Crippen molar-refractivity contribution in [3.63, 3.8) is 0 Å². The van der Waals surface area contributed by atoms with Gasteiger partial charge in [-0.25, -0.2) is 13.2 Å². The lowest BCUT2D eigenvalue weighted by molar-refractivity contribution is -0.120. The van der Waals surface area contributed by atoms with Gasteiger partial charge in [0.05, 0.1) is 18.2 Å². The van der Waals surface area contributed by atoms with Crippen molar-refractivity contribution < 1.29 is 22.8 Å². The minimum atomic E-state index is -1.22. The Morgan fingerprint density at radius 3 is 2.54 bits per heavy atom. The average Bonchev–Trinajstić information content (AvgIpc) is 2.63. The molecule has 3 rings (SSSR count). The fourth-order valence-corrected chi connectivity index (χ4v) is 3.33. The molecule has 2 amide bonds. The Morgan fingerprint density at radius 2 is 1.86 bits per heavy atom. The summed E-state index contributed by atoms with van der Waals surface area (Å²) in [5.41, 5.74) is 0.951. The molecule has 0 aromatic heterocycles. The topological polar surface area (TPSA) is 70.2 Å². The van der Waals surface area contributed by atoms with E-state index in [0.29, 0.717) is 25.1 Å². The van der Waals surface area contributed by atoms with Gasteiger partial charge in [-0.15, -0.1) is 0 Å². The molecule has 0 saturated heterocycles. The molecule has 1 heterocycles. The third-order valence-electron chi connectivity index (χ3n) is 4.60. The molecule has 2 aromatic carbocycles. The van der Waals surface area contributed by atoms with E-state index in [-0.39, 0.29) is 5.69 Å². The molecule has 5 nitrogen and oxygen atoms in total. The van der Waals surface area contributed by atoms with E-state index in [4.69, 9.17) is 0 Å². The fourth-order valence-electron chi connectivity index (χ4n) is 3.33. The average molecular weight is 391 g/mol. The minimum absolute atomic E-state index is 0.00114. The number of rotatable bonds is 5. The summed E-state index contributed by atoms with van der Waals surface area (Å²) in [4.78, 5) is 23.9. The Balaban J connectivity index is 1.80. The van der Waals surface area contributed by atoms with E-state index in [9.17, 15) is 22.8 Å². The van der Waals surface area contributed by atoms with Crippen LogP contribution in [0.3, 0.4) is 0 Å². The number of halogens is 3. The molecule has 1 aliphatic rings. The van der Waals surface area contributed by atoms with Gasteiger partial charge in [0.1, 0.15) is 17.5 Å². The van der Waals surface area contributed by atoms with Gasteiger partial charge >= 0.3 is 0 Å². The quantitative estimate of drug-likeness (QED) is 0.734. The van der Waals surface area contributed by atoms with Gasteiger partial charge in [-0.05, 0) is 42.3 Å². The maximum absolute atomic E-state index is 14.7. The Morgan fingerprint density at radius 1 is 1.14 bits per heavy atom. The van der Waals surface area contributed by atoms with E-state index in [0.717, 1.165) is 17.7 Å². The van der Waals surface area contributed by atoms with Crippen LogP contribution in [0.5, 0.6) is 0 Å². The number of carbonyl (C=O) groups is 2. The van der Waals surface area contributed by atoms with Crippen molar-refractivity contribution in [3.8, 4) is 0 Å². The van der Waals surface area contributed by atoms with Crippen molar-refractivity contribution in [1.82, 2.24) is 10.6 Å². The largest absolute Gasteiger partial charge is 0.349 e. The third kappa shape index (κ3) is 4.33. The highest BCUT2D eigenvalue weighted by atomic mass is 19.1.